The number of carbonyl (C=O) groups is 2. The standard InChI is InChI=1S/C8H12O4.H3N/c1-5(7(9)11-3)6(2)8(10)12-4;/h1-4H3;1H3/b6-5-;. The van der Waals surface area contributed by atoms with Crippen LogP contribution in [0.1, 0.15) is 13.8 Å². The first-order valence-electron chi connectivity index (χ1n) is 3.38. The lowest BCUT2D eigenvalue weighted by Gasteiger charge is -2.03. The minimum Gasteiger partial charge on any atom is -0.466 e. The molecule has 0 amide bonds. The van der Waals surface area contributed by atoms with E-state index in [0.29, 0.717) is 0 Å². The Morgan fingerprint density at radius 2 is 1.08 bits per heavy atom. The first-order chi connectivity index (χ1) is 5.54. The molecular formula is C8H15NO4. The summed E-state index contributed by atoms with van der Waals surface area (Å²) in [5.74, 6) is -1.03. The van der Waals surface area contributed by atoms with Gasteiger partial charge in [0.05, 0.1) is 14.2 Å². The Labute approximate surface area is 77.3 Å². The van der Waals surface area contributed by atoms with Gasteiger partial charge in [-0.05, 0) is 13.8 Å². The summed E-state index contributed by atoms with van der Waals surface area (Å²) >= 11 is 0. The number of esters is 2. The van der Waals surface area contributed by atoms with Gasteiger partial charge in [-0.15, -0.1) is 0 Å². The van der Waals surface area contributed by atoms with Crippen LogP contribution in [-0.4, -0.2) is 26.2 Å². The van der Waals surface area contributed by atoms with E-state index in [2.05, 4.69) is 9.47 Å². The molecule has 0 heterocycles. The molecule has 76 valence electrons. The Hall–Kier alpha value is -1.36. The molecule has 0 saturated heterocycles. The highest BCUT2D eigenvalue weighted by Crippen LogP contribution is 2.06. The van der Waals surface area contributed by atoms with Gasteiger partial charge in [0.15, 0.2) is 0 Å². The maximum Gasteiger partial charge on any atom is 0.333 e. The highest BCUT2D eigenvalue weighted by molar-refractivity contribution is 5.99. The van der Waals surface area contributed by atoms with Crippen molar-refractivity contribution in [3.05, 3.63) is 11.1 Å². The summed E-state index contributed by atoms with van der Waals surface area (Å²) in [4.78, 5) is 21.8. The van der Waals surface area contributed by atoms with Gasteiger partial charge in [0.2, 0.25) is 0 Å². The Bertz CT molecular complexity index is 208. The quantitative estimate of drug-likeness (QED) is 0.513. The van der Waals surface area contributed by atoms with E-state index in [1.54, 1.807) is 0 Å². The summed E-state index contributed by atoms with van der Waals surface area (Å²) in [6.07, 6.45) is 0. The van der Waals surface area contributed by atoms with Gasteiger partial charge in [-0.2, -0.15) is 0 Å². The molecule has 0 aliphatic carbocycles. The van der Waals surface area contributed by atoms with Crippen LogP contribution in [0.2, 0.25) is 0 Å². The van der Waals surface area contributed by atoms with Crippen molar-refractivity contribution in [2.75, 3.05) is 14.2 Å². The SMILES string of the molecule is COC(=O)/C(C)=C(/C)C(=O)OC.N. The highest BCUT2D eigenvalue weighted by atomic mass is 16.5. The number of ether oxygens (including phenoxy) is 2. The molecule has 0 aliphatic heterocycles. The van der Waals surface area contributed by atoms with Gasteiger partial charge in [0, 0.05) is 11.1 Å². The predicted octanol–water partition coefficient (Wildman–Crippen LogP) is 0.831. The van der Waals surface area contributed by atoms with Gasteiger partial charge in [0.1, 0.15) is 0 Å². The summed E-state index contributed by atoms with van der Waals surface area (Å²) in [5.41, 5.74) is 0.536. The van der Waals surface area contributed by atoms with Crippen molar-refractivity contribution < 1.29 is 19.1 Å². The van der Waals surface area contributed by atoms with Crippen molar-refractivity contribution >= 4 is 11.9 Å². The average Bonchev–Trinajstić information content (AvgIpc) is 2.12. The number of rotatable bonds is 2. The minimum absolute atomic E-state index is 0. The zero-order valence-corrected chi connectivity index (χ0v) is 8.34. The molecule has 0 saturated carbocycles. The van der Waals surface area contributed by atoms with Crippen LogP contribution < -0.4 is 6.15 Å². The minimum atomic E-state index is -0.516. The first-order valence-corrected chi connectivity index (χ1v) is 3.38. The van der Waals surface area contributed by atoms with Crippen LogP contribution in [0.25, 0.3) is 0 Å². The van der Waals surface area contributed by atoms with Crippen LogP contribution in [0.4, 0.5) is 0 Å². The second-order valence-electron chi connectivity index (χ2n) is 2.23. The molecule has 3 N–H and O–H groups in total. The van der Waals surface area contributed by atoms with Gasteiger partial charge < -0.3 is 15.6 Å². The average molecular weight is 189 g/mol. The molecule has 0 spiro atoms. The van der Waals surface area contributed by atoms with Crippen LogP contribution in [0.15, 0.2) is 11.1 Å². The fourth-order valence-corrected chi connectivity index (χ4v) is 0.612. The van der Waals surface area contributed by atoms with Gasteiger partial charge in [-0.25, -0.2) is 9.59 Å². The topological polar surface area (TPSA) is 87.6 Å². The molecule has 5 nitrogen and oxygen atoms in total. The lowest BCUT2D eigenvalue weighted by atomic mass is 10.1. The summed E-state index contributed by atoms with van der Waals surface area (Å²) in [6.45, 7) is 3.02. The molecule has 0 unspecified atom stereocenters. The van der Waals surface area contributed by atoms with Crippen LogP contribution in [-0.2, 0) is 19.1 Å². The summed E-state index contributed by atoms with van der Waals surface area (Å²) in [5, 5.41) is 0. The highest BCUT2D eigenvalue weighted by Gasteiger charge is 2.13. The number of methoxy groups -OCH3 is 2. The third-order valence-corrected chi connectivity index (χ3v) is 1.55. The van der Waals surface area contributed by atoms with Crippen molar-refractivity contribution in [3.63, 3.8) is 0 Å². The predicted molar refractivity (Wildman–Crippen MR) is 47.4 cm³/mol. The Kier molecular flexibility index (Phi) is 6.75. The molecule has 0 aromatic heterocycles. The fraction of sp³-hybridized carbons (Fsp3) is 0.500. The molecule has 0 radical (unpaired) electrons. The van der Waals surface area contributed by atoms with Crippen molar-refractivity contribution in [2.24, 2.45) is 0 Å². The lowest BCUT2D eigenvalue weighted by molar-refractivity contribution is -0.139. The number of hydrogen-bond acceptors (Lipinski definition) is 5. The second-order valence-corrected chi connectivity index (χ2v) is 2.23. The van der Waals surface area contributed by atoms with Crippen molar-refractivity contribution in [1.82, 2.24) is 6.15 Å². The van der Waals surface area contributed by atoms with Gasteiger partial charge in [0.25, 0.3) is 0 Å². The zero-order valence-electron chi connectivity index (χ0n) is 8.34. The summed E-state index contributed by atoms with van der Waals surface area (Å²) < 4.78 is 8.85. The zero-order chi connectivity index (χ0) is 9.72. The smallest absolute Gasteiger partial charge is 0.333 e. The summed E-state index contributed by atoms with van der Waals surface area (Å²) in [6, 6.07) is 0. The Balaban J connectivity index is 0. The van der Waals surface area contributed by atoms with E-state index < -0.39 is 11.9 Å². The van der Waals surface area contributed by atoms with Crippen molar-refractivity contribution in [3.8, 4) is 0 Å². The van der Waals surface area contributed by atoms with Gasteiger partial charge in [-0.1, -0.05) is 0 Å². The van der Waals surface area contributed by atoms with E-state index in [9.17, 15) is 9.59 Å². The molecule has 0 bridgehead atoms. The normalized spacial score (nSPS) is 10.8. The van der Waals surface area contributed by atoms with Gasteiger partial charge in [-0.3, -0.25) is 0 Å². The van der Waals surface area contributed by atoms with Crippen LogP contribution in [0.3, 0.4) is 0 Å². The largest absolute Gasteiger partial charge is 0.466 e. The maximum atomic E-state index is 10.9. The first kappa shape index (κ1) is 14.2. The molecular weight excluding hydrogens is 174 g/mol. The molecule has 0 aromatic carbocycles. The fourth-order valence-electron chi connectivity index (χ4n) is 0.612. The van der Waals surface area contributed by atoms with E-state index in [1.165, 1.54) is 28.1 Å². The van der Waals surface area contributed by atoms with E-state index in [-0.39, 0.29) is 17.3 Å². The summed E-state index contributed by atoms with van der Waals surface area (Å²) in [7, 11) is 2.52. The van der Waals surface area contributed by atoms with Crippen LogP contribution in [0.5, 0.6) is 0 Å². The Morgan fingerprint density at radius 1 is 0.846 bits per heavy atom. The molecule has 0 rings (SSSR count). The second kappa shape index (κ2) is 6.19. The third kappa shape index (κ3) is 3.71. The number of hydrogen-bond donors (Lipinski definition) is 1. The van der Waals surface area contributed by atoms with Crippen LogP contribution in [0, 0.1) is 0 Å². The number of carbonyl (C=O) groups excluding carboxylic acids is 2. The van der Waals surface area contributed by atoms with Crippen LogP contribution >= 0.6 is 0 Å². The van der Waals surface area contributed by atoms with Gasteiger partial charge >= 0.3 is 11.9 Å². The third-order valence-electron chi connectivity index (χ3n) is 1.55. The van der Waals surface area contributed by atoms with E-state index >= 15 is 0 Å². The van der Waals surface area contributed by atoms with E-state index in [4.69, 9.17) is 0 Å². The van der Waals surface area contributed by atoms with Crippen molar-refractivity contribution in [1.29, 1.82) is 0 Å². The molecule has 0 aliphatic rings. The van der Waals surface area contributed by atoms with Crippen molar-refractivity contribution in [2.45, 2.75) is 13.8 Å². The monoisotopic (exact) mass is 189 g/mol. The molecule has 0 fully saturated rings. The van der Waals surface area contributed by atoms with E-state index in [1.807, 2.05) is 0 Å². The molecule has 13 heavy (non-hydrogen) atoms. The molecule has 0 aromatic rings. The Morgan fingerprint density at radius 3 is 1.23 bits per heavy atom. The lowest BCUT2D eigenvalue weighted by Crippen LogP contribution is -2.10. The molecule has 0 atom stereocenters. The maximum absolute atomic E-state index is 10.9. The van der Waals surface area contributed by atoms with E-state index in [0.717, 1.165) is 0 Å². The molecule has 5 heteroatoms.